The van der Waals surface area contributed by atoms with Gasteiger partial charge in [-0.2, -0.15) is 10.3 Å². The number of H-pyrrole nitrogens is 1. The number of nitrogens with zero attached hydrogens (tertiary/aromatic N) is 3. The van der Waals surface area contributed by atoms with Crippen LogP contribution >= 0.6 is 0 Å². The maximum Gasteiger partial charge on any atom is 0.333 e. The van der Waals surface area contributed by atoms with E-state index in [2.05, 4.69) is 20.4 Å². The second-order valence-corrected chi connectivity index (χ2v) is 3.28. The number of carboxylic acids is 1. The SMILES string of the molecule is COC(Cc1cnc2n[nH]nc2c1)C(=O)O. The first-order chi connectivity index (χ1) is 7.70. The van der Waals surface area contributed by atoms with Crippen molar-refractivity contribution in [2.24, 2.45) is 0 Å². The fourth-order valence-electron chi connectivity index (χ4n) is 1.38. The lowest BCUT2D eigenvalue weighted by Gasteiger charge is -2.09. The van der Waals surface area contributed by atoms with Crippen LogP contribution in [0.3, 0.4) is 0 Å². The van der Waals surface area contributed by atoms with Crippen molar-refractivity contribution in [2.75, 3.05) is 7.11 Å². The molecular weight excluding hydrogens is 212 g/mol. The highest BCUT2D eigenvalue weighted by atomic mass is 16.5. The molecule has 84 valence electrons. The number of aromatic amines is 1. The van der Waals surface area contributed by atoms with Crippen LogP contribution in [-0.4, -0.2) is 44.7 Å². The summed E-state index contributed by atoms with van der Waals surface area (Å²) in [6, 6.07) is 1.74. The molecular formula is C9H10N4O3. The zero-order valence-corrected chi connectivity index (χ0v) is 8.54. The van der Waals surface area contributed by atoms with Gasteiger partial charge in [-0.05, 0) is 11.6 Å². The Balaban J connectivity index is 2.23. The Morgan fingerprint density at radius 1 is 1.62 bits per heavy atom. The third kappa shape index (κ3) is 1.98. The van der Waals surface area contributed by atoms with Crippen LogP contribution < -0.4 is 0 Å². The molecule has 2 rings (SSSR count). The summed E-state index contributed by atoms with van der Waals surface area (Å²) in [4.78, 5) is 14.8. The molecule has 7 nitrogen and oxygen atoms in total. The van der Waals surface area contributed by atoms with E-state index in [1.807, 2.05) is 0 Å². The van der Waals surface area contributed by atoms with E-state index >= 15 is 0 Å². The van der Waals surface area contributed by atoms with E-state index in [0.29, 0.717) is 11.2 Å². The molecule has 2 heterocycles. The van der Waals surface area contributed by atoms with Crippen LogP contribution in [0.15, 0.2) is 12.3 Å². The van der Waals surface area contributed by atoms with Gasteiger partial charge in [0.05, 0.1) is 0 Å². The van der Waals surface area contributed by atoms with Crippen molar-refractivity contribution in [3.63, 3.8) is 0 Å². The molecule has 2 aromatic heterocycles. The lowest BCUT2D eigenvalue weighted by molar-refractivity contribution is -0.148. The summed E-state index contributed by atoms with van der Waals surface area (Å²) >= 11 is 0. The molecule has 0 amide bonds. The molecule has 7 heteroatoms. The van der Waals surface area contributed by atoms with Crippen LogP contribution in [0, 0.1) is 0 Å². The van der Waals surface area contributed by atoms with Gasteiger partial charge < -0.3 is 9.84 Å². The third-order valence-corrected chi connectivity index (χ3v) is 2.21. The number of hydrogen-bond donors (Lipinski definition) is 2. The molecule has 0 aliphatic heterocycles. The molecule has 0 radical (unpaired) electrons. The minimum Gasteiger partial charge on any atom is -0.479 e. The molecule has 0 saturated heterocycles. The van der Waals surface area contributed by atoms with Crippen molar-refractivity contribution >= 4 is 17.1 Å². The van der Waals surface area contributed by atoms with Crippen molar-refractivity contribution in [1.29, 1.82) is 0 Å². The van der Waals surface area contributed by atoms with E-state index < -0.39 is 12.1 Å². The van der Waals surface area contributed by atoms with E-state index in [-0.39, 0.29) is 6.42 Å². The zero-order chi connectivity index (χ0) is 11.5. The third-order valence-electron chi connectivity index (χ3n) is 2.21. The Morgan fingerprint density at radius 3 is 3.12 bits per heavy atom. The van der Waals surface area contributed by atoms with Gasteiger partial charge in [0.2, 0.25) is 5.65 Å². The maximum atomic E-state index is 10.8. The lowest BCUT2D eigenvalue weighted by Crippen LogP contribution is -2.24. The van der Waals surface area contributed by atoms with Crippen molar-refractivity contribution < 1.29 is 14.6 Å². The quantitative estimate of drug-likeness (QED) is 0.754. The van der Waals surface area contributed by atoms with Gasteiger partial charge in [0.15, 0.2) is 6.10 Å². The van der Waals surface area contributed by atoms with Crippen molar-refractivity contribution in [3.05, 3.63) is 17.8 Å². The number of aliphatic carboxylic acids is 1. The van der Waals surface area contributed by atoms with E-state index in [1.165, 1.54) is 7.11 Å². The number of carboxylic acid groups (broad SMARTS) is 1. The summed E-state index contributed by atoms with van der Waals surface area (Å²) in [6.07, 6.45) is 0.952. The minimum atomic E-state index is -0.997. The molecule has 16 heavy (non-hydrogen) atoms. The first-order valence-electron chi connectivity index (χ1n) is 4.61. The van der Waals surface area contributed by atoms with Crippen molar-refractivity contribution in [1.82, 2.24) is 20.4 Å². The van der Waals surface area contributed by atoms with Crippen LogP contribution in [0.2, 0.25) is 0 Å². The first-order valence-corrected chi connectivity index (χ1v) is 4.61. The van der Waals surface area contributed by atoms with Gasteiger partial charge in [-0.25, -0.2) is 9.78 Å². The van der Waals surface area contributed by atoms with Gasteiger partial charge >= 0.3 is 5.97 Å². The molecule has 0 bridgehead atoms. The van der Waals surface area contributed by atoms with Crippen LogP contribution in [0.1, 0.15) is 5.56 Å². The van der Waals surface area contributed by atoms with Crippen molar-refractivity contribution in [2.45, 2.75) is 12.5 Å². The van der Waals surface area contributed by atoms with Crippen LogP contribution in [0.4, 0.5) is 0 Å². The Kier molecular flexibility index (Phi) is 2.78. The van der Waals surface area contributed by atoms with E-state index in [9.17, 15) is 4.79 Å². The molecule has 1 unspecified atom stereocenters. The average molecular weight is 222 g/mol. The van der Waals surface area contributed by atoms with Gasteiger partial charge in [0.25, 0.3) is 0 Å². The summed E-state index contributed by atoms with van der Waals surface area (Å²) < 4.78 is 4.84. The van der Waals surface area contributed by atoms with E-state index in [4.69, 9.17) is 9.84 Å². The van der Waals surface area contributed by atoms with Crippen LogP contribution in [0.5, 0.6) is 0 Å². The predicted molar refractivity (Wildman–Crippen MR) is 53.8 cm³/mol. The fourth-order valence-corrected chi connectivity index (χ4v) is 1.38. The normalized spacial score (nSPS) is 12.8. The number of rotatable bonds is 4. The number of nitrogens with one attached hydrogen (secondary N) is 1. The van der Waals surface area contributed by atoms with Gasteiger partial charge in [-0.15, -0.1) is 5.10 Å². The number of methoxy groups -OCH3 is 1. The number of aromatic nitrogens is 4. The Hall–Kier alpha value is -2.02. The van der Waals surface area contributed by atoms with E-state index in [1.54, 1.807) is 12.3 Å². The molecule has 0 aromatic carbocycles. The second kappa shape index (κ2) is 4.23. The molecule has 0 aliphatic rings. The fraction of sp³-hybridized carbons (Fsp3) is 0.333. The molecule has 0 saturated carbocycles. The van der Waals surface area contributed by atoms with Gasteiger partial charge in [-0.3, -0.25) is 0 Å². The zero-order valence-electron chi connectivity index (χ0n) is 8.54. The predicted octanol–water partition coefficient (Wildman–Crippen LogP) is -0.00500. The number of carbonyl (C=O) groups is 1. The van der Waals surface area contributed by atoms with Crippen molar-refractivity contribution in [3.8, 4) is 0 Å². The smallest absolute Gasteiger partial charge is 0.333 e. The second-order valence-electron chi connectivity index (χ2n) is 3.28. The number of ether oxygens (including phenoxy) is 1. The summed E-state index contributed by atoms with van der Waals surface area (Å²) in [7, 11) is 1.36. The molecule has 2 N–H and O–H groups in total. The number of pyridine rings is 1. The lowest BCUT2D eigenvalue weighted by atomic mass is 10.1. The highest BCUT2D eigenvalue weighted by Gasteiger charge is 2.17. The topological polar surface area (TPSA) is 101 Å². The monoisotopic (exact) mass is 222 g/mol. The molecule has 0 fully saturated rings. The summed E-state index contributed by atoms with van der Waals surface area (Å²) in [5, 5.41) is 18.9. The van der Waals surface area contributed by atoms with Crippen LogP contribution in [0.25, 0.3) is 11.2 Å². The maximum absolute atomic E-state index is 10.8. The average Bonchev–Trinajstić information content (AvgIpc) is 2.72. The highest BCUT2D eigenvalue weighted by Crippen LogP contribution is 2.10. The van der Waals surface area contributed by atoms with Gasteiger partial charge in [0.1, 0.15) is 5.52 Å². The van der Waals surface area contributed by atoms with Gasteiger partial charge in [-0.1, -0.05) is 0 Å². The Morgan fingerprint density at radius 2 is 2.44 bits per heavy atom. The Bertz CT molecular complexity index is 510. The first kappa shape index (κ1) is 10.5. The Labute approximate surface area is 90.4 Å². The minimum absolute atomic E-state index is 0.252. The summed E-state index contributed by atoms with van der Waals surface area (Å²) in [6.45, 7) is 0. The van der Waals surface area contributed by atoms with Gasteiger partial charge in [0, 0.05) is 19.7 Å². The highest BCUT2D eigenvalue weighted by molar-refractivity contribution is 5.73. The molecule has 2 aromatic rings. The largest absolute Gasteiger partial charge is 0.479 e. The molecule has 0 aliphatic carbocycles. The summed E-state index contributed by atoms with van der Waals surface area (Å²) in [5.41, 5.74) is 1.86. The molecule has 1 atom stereocenters. The number of fused-ring (bicyclic) bond motifs is 1. The van der Waals surface area contributed by atoms with E-state index in [0.717, 1.165) is 5.56 Å². The molecule has 0 spiro atoms. The standard InChI is InChI=1S/C9H10N4O3/c1-16-7(9(14)15)3-5-2-6-8(10-4-5)12-13-11-6/h2,4,7H,3H2,1H3,(H,14,15)(H,10,11,12,13). The van der Waals surface area contributed by atoms with Crippen LogP contribution in [-0.2, 0) is 16.0 Å². The summed E-state index contributed by atoms with van der Waals surface area (Å²) in [5.74, 6) is -0.997. The number of hydrogen-bond acceptors (Lipinski definition) is 5.